The van der Waals surface area contributed by atoms with Crippen LogP contribution in [0.25, 0.3) is 0 Å². The molecular formula is C13H7Cl2FN2O3. The van der Waals surface area contributed by atoms with E-state index in [0.29, 0.717) is 0 Å². The monoisotopic (exact) mass is 328 g/mol. The minimum absolute atomic E-state index is 0.148. The van der Waals surface area contributed by atoms with Crippen molar-refractivity contribution in [1.82, 2.24) is 0 Å². The number of nitro benzene ring substituents is 1. The second-order valence-electron chi connectivity index (χ2n) is 4.00. The van der Waals surface area contributed by atoms with E-state index in [-0.39, 0.29) is 27.0 Å². The molecule has 5 nitrogen and oxygen atoms in total. The number of hydrogen-bond acceptors (Lipinski definition) is 3. The van der Waals surface area contributed by atoms with E-state index in [0.717, 1.165) is 18.2 Å². The quantitative estimate of drug-likeness (QED) is 0.674. The molecule has 0 spiro atoms. The molecule has 1 amide bonds. The van der Waals surface area contributed by atoms with Crippen molar-refractivity contribution in [3.8, 4) is 0 Å². The Hall–Kier alpha value is -2.18. The molecule has 2 aromatic rings. The van der Waals surface area contributed by atoms with Gasteiger partial charge in [-0.1, -0.05) is 23.2 Å². The lowest BCUT2D eigenvalue weighted by Crippen LogP contribution is -2.13. The number of non-ortho nitro benzene ring substituents is 1. The summed E-state index contributed by atoms with van der Waals surface area (Å²) in [5.41, 5.74) is -0.476. The van der Waals surface area contributed by atoms with Gasteiger partial charge in [-0.05, 0) is 24.3 Å². The van der Waals surface area contributed by atoms with Crippen molar-refractivity contribution in [2.24, 2.45) is 0 Å². The lowest BCUT2D eigenvalue weighted by Gasteiger charge is -2.07. The molecule has 0 fully saturated rings. The van der Waals surface area contributed by atoms with Crippen molar-refractivity contribution < 1.29 is 14.1 Å². The minimum Gasteiger partial charge on any atom is -0.319 e. The van der Waals surface area contributed by atoms with Gasteiger partial charge in [-0.2, -0.15) is 0 Å². The molecule has 0 bridgehead atoms. The minimum atomic E-state index is -0.783. The number of halogens is 3. The zero-order chi connectivity index (χ0) is 15.6. The van der Waals surface area contributed by atoms with Crippen LogP contribution in [0.2, 0.25) is 10.0 Å². The van der Waals surface area contributed by atoms with Gasteiger partial charge in [-0.3, -0.25) is 14.9 Å². The lowest BCUT2D eigenvalue weighted by atomic mass is 10.2. The van der Waals surface area contributed by atoms with Crippen molar-refractivity contribution >= 4 is 40.5 Å². The van der Waals surface area contributed by atoms with Crippen LogP contribution in [0.1, 0.15) is 10.4 Å². The molecule has 0 saturated heterocycles. The molecule has 0 atom stereocenters. The Balaban J connectivity index is 2.28. The molecule has 21 heavy (non-hydrogen) atoms. The van der Waals surface area contributed by atoms with Crippen LogP contribution in [-0.4, -0.2) is 10.8 Å². The van der Waals surface area contributed by atoms with E-state index < -0.39 is 16.6 Å². The summed E-state index contributed by atoms with van der Waals surface area (Å²) in [6.07, 6.45) is 0. The molecule has 2 aromatic carbocycles. The number of hydrogen-bond donors (Lipinski definition) is 1. The third-order valence-electron chi connectivity index (χ3n) is 2.59. The van der Waals surface area contributed by atoms with E-state index in [1.165, 1.54) is 18.2 Å². The number of amides is 1. The summed E-state index contributed by atoms with van der Waals surface area (Å²) in [5, 5.41) is 13.3. The van der Waals surface area contributed by atoms with Gasteiger partial charge in [0.25, 0.3) is 11.6 Å². The molecule has 108 valence electrons. The molecule has 0 aromatic heterocycles. The van der Waals surface area contributed by atoms with Crippen molar-refractivity contribution in [3.63, 3.8) is 0 Å². The van der Waals surface area contributed by atoms with Gasteiger partial charge < -0.3 is 5.32 Å². The Morgan fingerprint density at radius 3 is 2.48 bits per heavy atom. The van der Waals surface area contributed by atoms with E-state index in [9.17, 15) is 19.3 Å². The molecular weight excluding hydrogens is 322 g/mol. The van der Waals surface area contributed by atoms with Gasteiger partial charge in [-0.25, -0.2) is 4.39 Å². The first kappa shape index (κ1) is 15.2. The summed E-state index contributed by atoms with van der Waals surface area (Å²) in [5.74, 6) is -1.44. The standard InChI is InChI=1S/C13H7Cl2FN2O3/c14-9-3-1-7(5-10(9)15)13(19)17-12-6-8(18(20)21)2-4-11(12)16/h1-6H,(H,17,19). The third kappa shape index (κ3) is 3.48. The Labute approximate surface area is 128 Å². The third-order valence-corrected chi connectivity index (χ3v) is 3.33. The summed E-state index contributed by atoms with van der Waals surface area (Å²) >= 11 is 11.5. The SMILES string of the molecule is O=C(Nc1cc([N+](=O)[O-])ccc1F)c1ccc(Cl)c(Cl)c1. The summed E-state index contributed by atoms with van der Waals surface area (Å²) in [6, 6.07) is 6.98. The average Bonchev–Trinajstić information content (AvgIpc) is 2.43. The van der Waals surface area contributed by atoms with E-state index in [2.05, 4.69) is 5.32 Å². The zero-order valence-electron chi connectivity index (χ0n) is 10.3. The fourth-order valence-electron chi connectivity index (χ4n) is 1.55. The van der Waals surface area contributed by atoms with Crippen molar-refractivity contribution in [2.45, 2.75) is 0 Å². The van der Waals surface area contributed by atoms with Crippen LogP contribution < -0.4 is 5.32 Å². The van der Waals surface area contributed by atoms with E-state index in [1.807, 2.05) is 0 Å². The van der Waals surface area contributed by atoms with E-state index in [1.54, 1.807) is 0 Å². The smallest absolute Gasteiger partial charge is 0.271 e. The van der Waals surface area contributed by atoms with Crippen LogP contribution in [0.4, 0.5) is 15.8 Å². The lowest BCUT2D eigenvalue weighted by molar-refractivity contribution is -0.384. The van der Waals surface area contributed by atoms with Gasteiger partial charge in [0, 0.05) is 17.7 Å². The molecule has 0 heterocycles. The van der Waals surface area contributed by atoms with Gasteiger partial charge >= 0.3 is 0 Å². The van der Waals surface area contributed by atoms with Crippen LogP contribution in [0.5, 0.6) is 0 Å². The molecule has 2 rings (SSSR count). The number of carbonyl (C=O) groups is 1. The van der Waals surface area contributed by atoms with Crippen molar-refractivity contribution in [1.29, 1.82) is 0 Å². The van der Waals surface area contributed by atoms with Crippen LogP contribution in [0, 0.1) is 15.9 Å². The molecule has 0 saturated carbocycles. The summed E-state index contributed by atoms with van der Waals surface area (Å²) < 4.78 is 13.6. The Morgan fingerprint density at radius 1 is 1.14 bits per heavy atom. The second kappa shape index (κ2) is 6.07. The van der Waals surface area contributed by atoms with Gasteiger partial charge in [0.1, 0.15) is 5.82 Å². The van der Waals surface area contributed by atoms with Crippen LogP contribution in [-0.2, 0) is 0 Å². The number of carbonyl (C=O) groups excluding carboxylic acids is 1. The van der Waals surface area contributed by atoms with E-state index >= 15 is 0 Å². The summed E-state index contributed by atoms with van der Waals surface area (Å²) in [4.78, 5) is 21.9. The maximum Gasteiger partial charge on any atom is 0.271 e. The van der Waals surface area contributed by atoms with Gasteiger partial charge in [0.2, 0.25) is 0 Å². The number of benzene rings is 2. The highest BCUT2D eigenvalue weighted by molar-refractivity contribution is 6.42. The van der Waals surface area contributed by atoms with Gasteiger partial charge in [0.05, 0.1) is 20.7 Å². The Bertz CT molecular complexity index is 737. The molecule has 8 heteroatoms. The Morgan fingerprint density at radius 2 is 1.86 bits per heavy atom. The fourth-order valence-corrected chi connectivity index (χ4v) is 1.85. The highest BCUT2D eigenvalue weighted by Crippen LogP contribution is 2.25. The van der Waals surface area contributed by atoms with Crippen LogP contribution in [0.15, 0.2) is 36.4 Å². The first-order valence-corrected chi connectivity index (χ1v) is 6.34. The summed E-state index contributed by atoms with van der Waals surface area (Å²) in [6.45, 7) is 0. The number of nitrogens with zero attached hydrogens (tertiary/aromatic N) is 1. The molecule has 0 aliphatic rings. The fraction of sp³-hybridized carbons (Fsp3) is 0. The van der Waals surface area contributed by atoms with Crippen molar-refractivity contribution in [3.05, 3.63) is 67.9 Å². The first-order chi connectivity index (χ1) is 9.88. The molecule has 1 N–H and O–H groups in total. The highest BCUT2D eigenvalue weighted by Gasteiger charge is 2.14. The zero-order valence-corrected chi connectivity index (χ0v) is 11.8. The molecule has 0 radical (unpaired) electrons. The average molecular weight is 329 g/mol. The van der Waals surface area contributed by atoms with Gasteiger partial charge in [-0.15, -0.1) is 0 Å². The summed E-state index contributed by atoms with van der Waals surface area (Å²) in [7, 11) is 0. The predicted octanol–water partition coefficient (Wildman–Crippen LogP) is 4.29. The molecule has 0 aliphatic heterocycles. The normalized spacial score (nSPS) is 10.2. The van der Waals surface area contributed by atoms with Crippen molar-refractivity contribution in [2.75, 3.05) is 5.32 Å². The number of nitrogens with one attached hydrogen (secondary N) is 1. The molecule has 0 aliphatic carbocycles. The number of anilines is 1. The maximum absolute atomic E-state index is 13.6. The number of rotatable bonds is 3. The Kier molecular flexibility index (Phi) is 4.40. The van der Waals surface area contributed by atoms with Crippen LogP contribution >= 0.6 is 23.2 Å². The first-order valence-electron chi connectivity index (χ1n) is 5.59. The van der Waals surface area contributed by atoms with Gasteiger partial charge in [0.15, 0.2) is 0 Å². The predicted molar refractivity (Wildman–Crippen MR) is 77.5 cm³/mol. The topological polar surface area (TPSA) is 72.2 Å². The largest absolute Gasteiger partial charge is 0.319 e. The van der Waals surface area contributed by atoms with E-state index in [4.69, 9.17) is 23.2 Å². The maximum atomic E-state index is 13.6. The van der Waals surface area contributed by atoms with Crippen LogP contribution in [0.3, 0.4) is 0 Å². The number of nitro groups is 1. The highest BCUT2D eigenvalue weighted by atomic mass is 35.5. The second-order valence-corrected chi connectivity index (χ2v) is 4.82. The molecule has 0 unspecified atom stereocenters.